The second-order valence-corrected chi connectivity index (χ2v) is 9.09. The summed E-state index contributed by atoms with van der Waals surface area (Å²) in [5, 5.41) is 18.1. The van der Waals surface area contributed by atoms with Crippen LogP contribution in [0.15, 0.2) is 87.8 Å². The van der Waals surface area contributed by atoms with Crippen LogP contribution in [0.2, 0.25) is 0 Å². The third-order valence-corrected chi connectivity index (χ3v) is 6.47. The zero-order valence-electron chi connectivity index (χ0n) is 17.6. The Morgan fingerprint density at radius 1 is 1.06 bits per heavy atom. The van der Waals surface area contributed by atoms with Crippen molar-refractivity contribution < 1.29 is 9.21 Å². The number of hydrogen-bond donors (Lipinski definition) is 1. The van der Waals surface area contributed by atoms with E-state index < -0.39 is 0 Å². The fraction of sp³-hybridized carbons (Fsp3) is 0.0833. The molecule has 3 heterocycles. The maximum absolute atomic E-state index is 12.7. The van der Waals surface area contributed by atoms with Crippen LogP contribution < -0.4 is 5.32 Å². The van der Waals surface area contributed by atoms with Crippen LogP contribution in [0.25, 0.3) is 27.7 Å². The molecule has 0 fully saturated rings. The van der Waals surface area contributed by atoms with Gasteiger partial charge < -0.3 is 9.73 Å². The predicted octanol–water partition coefficient (Wildman–Crippen LogP) is 5.69. The highest BCUT2D eigenvalue weighted by molar-refractivity contribution is 7.99. The summed E-state index contributed by atoms with van der Waals surface area (Å²) < 4.78 is 7.38. The van der Waals surface area contributed by atoms with Crippen molar-refractivity contribution in [1.82, 2.24) is 20.0 Å². The molecule has 5 aromatic rings. The smallest absolute Gasteiger partial charge is 0.277 e. The molecule has 0 radical (unpaired) electrons. The zero-order valence-corrected chi connectivity index (χ0v) is 19.3. The monoisotopic (exact) mass is 473 g/mol. The average Bonchev–Trinajstić information content (AvgIpc) is 3.59. The fourth-order valence-electron chi connectivity index (χ4n) is 3.18. The van der Waals surface area contributed by atoms with Crippen LogP contribution in [0.4, 0.5) is 5.82 Å². The van der Waals surface area contributed by atoms with Gasteiger partial charge in [0, 0.05) is 11.6 Å². The van der Waals surface area contributed by atoms with Crippen molar-refractivity contribution in [3.05, 3.63) is 83.7 Å². The lowest BCUT2D eigenvalue weighted by molar-refractivity contribution is -0.113. The van der Waals surface area contributed by atoms with Gasteiger partial charge in [-0.1, -0.05) is 65.9 Å². The number of thioether (sulfide) groups is 1. The van der Waals surface area contributed by atoms with Gasteiger partial charge in [-0.2, -0.15) is 5.10 Å². The van der Waals surface area contributed by atoms with Gasteiger partial charge in [0.1, 0.15) is 5.82 Å². The minimum Gasteiger partial charge on any atom is -0.410 e. The van der Waals surface area contributed by atoms with E-state index >= 15 is 0 Å². The molecule has 0 spiro atoms. The van der Waals surface area contributed by atoms with Gasteiger partial charge in [0.05, 0.1) is 22.0 Å². The summed E-state index contributed by atoms with van der Waals surface area (Å²) in [6, 6.07) is 23.5. The van der Waals surface area contributed by atoms with Gasteiger partial charge in [-0.3, -0.25) is 4.79 Å². The van der Waals surface area contributed by atoms with Crippen molar-refractivity contribution in [2.45, 2.75) is 12.1 Å². The van der Waals surface area contributed by atoms with Crippen LogP contribution in [-0.2, 0) is 4.79 Å². The molecule has 0 saturated carbocycles. The topological polar surface area (TPSA) is 85.8 Å². The standard InChI is InChI=1S/C24H19N5O2S2/c1-16-9-11-17(12-10-16)19-14-21(29(28-19)18-6-3-2-4-7-18)25-22(30)15-33-24-27-26-23(31-24)20-8-5-13-32-20/h2-14H,15H2,1H3,(H,25,30). The molecule has 1 N–H and O–H groups in total. The number of aromatic nitrogens is 4. The summed E-state index contributed by atoms with van der Waals surface area (Å²) >= 11 is 2.72. The second-order valence-electron chi connectivity index (χ2n) is 7.22. The highest BCUT2D eigenvalue weighted by Crippen LogP contribution is 2.28. The molecular formula is C24H19N5O2S2. The summed E-state index contributed by atoms with van der Waals surface area (Å²) in [7, 11) is 0. The molecule has 0 aliphatic rings. The Labute approximate surface area is 198 Å². The highest BCUT2D eigenvalue weighted by atomic mass is 32.2. The first-order valence-electron chi connectivity index (χ1n) is 10.2. The van der Waals surface area contributed by atoms with E-state index in [-0.39, 0.29) is 11.7 Å². The van der Waals surface area contributed by atoms with Crippen LogP contribution >= 0.6 is 23.1 Å². The van der Waals surface area contributed by atoms with Gasteiger partial charge in [-0.15, -0.1) is 21.5 Å². The lowest BCUT2D eigenvalue weighted by atomic mass is 10.1. The Morgan fingerprint density at radius 3 is 2.64 bits per heavy atom. The summed E-state index contributed by atoms with van der Waals surface area (Å²) in [5.74, 6) is 0.986. The minimum absolute atomic E-state index is 0.131. The lowest BCUT2D eigenvalue weighted by Gasteiger charge is -2.08. The number of anilines is 1. The van der Waals surface area contributed by atoms with Crippen LogP contribution in [-0.4, -0.2) is 31.6 Å². The van der Waals surface area contributed by atoms with Crippen molar-refractivity contribution in [2.75, 3.05) is 11.1 Å². The normalized spacial score (nSPS) is 10.9. The molecule has 2 aromatic carbocycles. The number of nitrogens with zero attached hydrogens (tertiary/aromatic N) is 4. The molecule has 0 atom stereocenters. The maximum atomic E-state index is 12.7. The first kappa shape index (κ1) is 21.2. The minimum atomic E-state index is -0.191. The Balaban J connectivity index is 1.33. The molecule has 0 bridgehead atoms. The summed E-state index contributed by atoms with van der Waals surface area (Å²) in [5.41, 5.74) is 3.79. The number of benzene rings is 2. The molecule has 0 saturated heterocycles. The molecule has 5 rings (SSSR count). The van der Waals surface area contributed by atoms with E-state index in [0.717, 1.165) is 21.8 Å². The predicted molar refractivity (Wildman–Crippen MR) is 131 cm³/mol. The Hall–Kier alpha value is -3.69. The Kier molecular flexibility index (Phi) is 6.05. The average molecular weight is 474 g/mol. The third-order valence-electron chi connectivity index (χ3n) is 4.79. The Morgan fingerprint density at radius 2 is 1.88 bits per heavy atom. The van der Waals surface area contributed by atoms with Gasteiger partial charge in [-0.25, -0.2) is 4.68 Å². The van der Waals surface area contributed by atoms with Gasteiger partial charge in [0.15, 0.2) is 0 Å². The SMILES string of the molecule is Cc1ccc(-c2cc(NC(=O)CSc3nnc(-c4cccs4)o3)n(-c3ccccc3)n2)cc1. The highest BCUT2D eigenvalue weighted by Gasteiger charge is 2.16. The molecule has 164 valence electrons. The van der Waals surface area contributed by atoms with Gasteiger partial charge in [-0.05, 0) is 30.5 Å². The molecule has 0 aliphatic heterocycles. The molecule has 33 heavy (non-hydrogen) atoms. The van der Waals surface area contributed by atoms with E-state index in [1.807, 2.05) is 85.1 Å². The number of aryl methyl sites for hydroxylation is 1. The van der Waals surface area contributed by atoms with E-state index in [0.29, 0.717) is 16.9 Å². The summed E-state index contributed by atoms with van der Waals surface area (Å²) in [4.78, 5) is 13.6. The number of carbonyl (C=O) groups excluding carboxylic acids is 1. The molecule has 3 aromatic heterocycles. The number of para-hydroxylation sites is 1. The van der Waals surface area contributed by atoms with Crippen molar-refractivity contribution in [3.63, 3.8) is 0 Å². The second kappa shape index (κ2) is 9.43. The fourth-order valence-corrected chi connectivity index (χ4v) is 4.38. The van der Waals surface area contributed by atoms with Crippen LogP contribution in [0.1, 0.15) is 5.56 Å². The van der Waals surface area contributed by atoms with Gasteiger partial charge >= 0.3 is 0 Å². The van der Waals surface area contributed by atoms with E-state index in [9.17, 15) is 4.79 Å². The zero-order chi connectivity index (χ0) is 22.6. The van der Waals surface area contributed by atoms with Gasteiger partial charge in [0.25, 0.3) is 11.1 Å². The Bertz CT molecular complexity index is 1360. The van der Waals surface area contributed by atoms with Crippen LogP contribution in [0, 0.1) is 6.92 Å². The van der Waals surface area contributed by atoms with Crippen molar-refractivity contribution >= 4 is 34.8 Å². The van der Waals surface area contributed by atoms with E-state index in [1.54, 1.807) is 4.68 Å². The molecule has 9 heteroatoms. The number of nitrogens with one attached hydrogen (secondary N) is 1. The number of carbonyl (C=O) groups is 1. The van der Waals surface area contributed by atoms with Crippen LogP contribution in [0.3, 0.4) is 0 Å². The van der Waals surface area contributed by atoms with Crippen LogP contribution in [0.5, 0.6) is 0 Å². The van der Waals surface area contributed by atoms with E-state index in [1.165, 1.54) is 28.7 Å². The third kappa shape index (κ3) is 4.89. The van der Waals surface area contributed by atoms with Crippen molar-refractivity contribution in [3.8, 4) is 27.7 Å². The molecule has 7 nitrogen and oxygen atoms in total. The number of rotatable bonds is 7. The number of thiophene rings is 1. The van der Waals surface area contributed by atoms with E-state index in [2.05, 4.69) is 15.5 Å². The summed E-state index contributed by atoms with van der Waals surface area (Å²) in [6.45, 7) is 2.04. The molecule has 0 unspecified atom stereocenters. The van der Waals surface area contributed by atoms with Crippen molar-refractivity contribution in [2.24, 2.45) is 0 Å². The van der Waals surface area contributed by atoms with Gasteiger partial charge in [0.2, 0.25) is 5.91 Å². The van der Waals surface area contributed by atoms with E-state index in [4.69, 9.17) is 9.52 Å². The first-order chi connectivity index (χ1) is 16.2. The molecule has 0 aliphatic carbocycles. The lowest BCUT2D eigenvalue weighted by Crippen LogP contribution is -2.16. The quantitative estimate of drug-likeness (QED) is 0.306. The molecule has 1 amide bonds. The molecular weight excluding hydrogens is 454 g/mol. The summed E-state index contributed by atoms with van der Waals surface area (Å²) in [6.07, 6.45) is 0. The van der Waals surface area contributed by atoms with Crippen molar-refractivity contribution in [1.29, 1.82) is 0 Å². The largest absolute Gasteiger partial charge is 0.410 e. The maximum Gasteiger partial charge on any atom is 0.277 e. The first-order valence-corrected chi connectivity index (χ1v) is 12.0. The number of hydrogen-bond acceptors (Lipinski definition) is 7. The number of amides is 1.